The predicted molar refractivity (Wildman–Crippen MR) is 124 cm³/mol. The number of rotatable bonds is 15. The highest BCUT2D eigenvalue weighted by Crippen LogP contribution is 2.23. The lowest BCUT2D eigenvalue weighted by Gasteiger charge is -2.33. The second-order valence-electron chi connectivity index (χ2n) is 8.38. The van der Waals surface area contributed by atoms with Crippen LogP contribution in [-0.2, 0) is 30.3 Å². The Hall–Kier alpha value is -2.57. The first-order valence-electron chi connectivity index (χ1n) is 11.5. The van der Waals surface area contributed by atoms with Crippen molar-refractivity contribution in [2.24, 2.45) is 0 Å². The number of esters is 2. The van der Waals surface area contributed by atoms with Gasteiger partial charge in [-0.2, -0.15) is 0 Å². The fourth-order valence-corrected chi connectivity index (χ4v) is 3.47. The van der Waals surface area contributed by atoms with Gasteiger partial charge in [0.2, 0.25) is 5.91 Å². The standard InChI is InChI=1S/C25H39NO6/c1-6-7-8-9-10-15-30-24-12-11-23(16-19(24)2)13-14-25(26-20(3)27,17-31-21(4)28)18-32-22(5)29/h11-12,16H,6-10,13-15,17-18H2,1-5H3,(H,26,27). The Morgan fingerprint density at radius 1 is 0.938 bits per heavy atom. The lowest BCUT2D eigenvalue weighted by Crippen LogP contribution is -2.55. The van der Waals surface area contributed by atoms with Gasteiger partial charge in [-0.25, -0.2) is 0 Å². The van der Waals surface area contributed by atoms with E-state index in [-0.39, 0.29) is 19.1 Å². The zero-order chi connectivity index (χ0) is 24.0. The van der Waals surface area contributed by atoms with E-state index in [9.17, 15) is 14.4 Å². The maximum atomic E-state index is 11.8. The molecule has 7 heteroatoms. The van der Waals surface area contributed by atoms with Crippen molar-refractivity contribution in [2.45, 2.75) is 85.1 Å². The van der Waals surface area contributed by atoms with Gasteiger partial charge in [0.15, 0.2) is 0 Å². The van der Waals surface area contributed by atoms with Crippen LogP contribution in [0.1, 0.15) is 77.3 Å². The molecule has 1 amide bonds. The molecule has 0 aliphatic heterocycles. The van der Waals surface area contributed by atoms with Crippen LogP contribution >= 0.6 is 0 Å². The molecule has 0 heterocycles. The minimum absolute atomic E-state index is 0.0760. The zero-order valence-corrected chi connectivity index (χ0v) is 20.3. The number of amides is 1. The van der Waals surface area contributed by atoms with E-state index in [1.54, 1.807) is 0 Å². The number of carbonyl (C=O) groups is 3. The quantitative estimate of drug-likeness (QED) is 0.317. The number of carbonyl (C=O) groups excluding carboxylic acids is 3. The molecule has 0 unspecified atom stereocenters. The smallest absolute Gasteiger partial charge is 0.302 e. The maximum Gasteiger partial charge on any atom is 0.302 e. The predicted octanol–water partition coefficient (Wildman–Crippen LogP) is 4.28. The molecule has 0 saturated carbocycles. The van der Waals surface area contributed by atoms with Crippen LogP contribution in [0, 0.1) is 6.92 Å². The first-order chi connectivity index (χ1) is 15.2. The Labute approximate surface area is 192 Å². The molecule has 32 heavy (non-hydrogen) atoms. The van der Waals surface area contributed by atoms with Crippen LogP contribution in [0.3, 0.4) is 0 Å². The third-order valence-electron chi connectivity index (χ3n) is 5.18. The minimum atomic E-state index is -0.995. The van der Waals surface area contributed by atoms with Gasteiger partial charge in [0.25, 0.3) is 0 Å². The summed E-state index contributed by atoms with van der Waals surface area (Å²) in [5.74, 6) is -0.343. The first kappa shape index (κ1) is 27.5. The van der Waals surface area contributed by atoms with E-state index in [0.717, 1.165) is 23.3 Å². The first-order valence-corrected chi connectivity index (χ1v) is 11.5. The summed E-state index contributed by atoms with van der Waals surface area (Å²) in [6.07, 6.45) is 7.00. The van der Waals surface area contributed by atoms with Crippen molar-refractivity contribution in [2.75, 3.05) is 19.8 Å². The molecular formula is C25H39NO6. The highest BCUT2D eigenvalue weighted by Gasteiger charge is 2.34. The molecular weight excluding hydrogens is 410 g/mol. The number of aryl methyl sites for hydroxylation is 2. The average molecular weight is 450 g/mol. The van der Waals surface area contributed by atoms with Crippen LogP contribution < -0.4 is 10.1 Å². The van der Waals surface area contributed by atoms with Crippen molar-refractivity contribution in [3.63, 3.8) is 0 Å². The number of nitrogens with one attached hydrogen (secondary N) is 1. The van der Waals surface area contributed by atoms with Gasteiger partial charge in [0.05, 0.1) is 6.61 Å². The minimum Gasteiger partial charge on any atom is -0.493 e. The molecule has 0 aromatic heterocycles. The van der Waals surface area contributed by atoms with E-state index in [1.807, 2.05) is 19.1 Å². The van der Waals surface area contributed by atoms with Crippen LogP contribution in [0.5, 0.6) is 5.75 Å². The zero-order valence-electron chi connectivity index (χ0n) is 20.3. The van der Waals surface area contributed by atoms with E-state index in [2.05, 4.69) is 18.3 Å². The lowest BCUT2D eigenvalue weighted by atomic mass is 9.91. The van der Waals surface area contributed by atoms with E-state index >= 15 is 0 Å². The van der Waals surface area contributed by atoms with Gasteiger partial charge in [-0.15, -0.1) is 0 Å². The maximum absolute atomic E-state index is 11.8. The molecule has 7 nitrogen and oxygen atoms in total. The molecule has 0 saturated heterocycles. The number of hydrogen-bond acceptors (Lipinski definition) is 6. The van der Waals surface area contributed by atoms with Gasteiger partial charge in [0.1, 0.15) is 24.5 Å². The van der Waals surface area contributed by atoms with E-state index in [1.165, 1.54) is 46.5 Å². The highest BCUT2D eigenvalue weighted by molar-refractivity contribution is 5.74. The molecule has 1 aromatic rings. The van der Waals surface area contributed by atoms with Crippen LogP contribution in [0.15, 0.2) is 18.2 Å². The number of unbranched alkanes of at least 4 members (excludes halogenated alkanes) is 4. The summed E-state index contributed by atoms with van der Waals surface area (Å²) in [5, 5.41) is 2.83. The van der Waals surface area contributed by atoms with Crippen LogP contribution in [0.4, 0.5) is 0 Å². The van der Waals surface area contributed by atoms with Crippen molar-refractivity contribution >= 4 is 17.8 Å². The summed E-state index contributed by atoms with van der Waals surface area (Å²) in [7, 11) is 0. The second kappa shape index (κ2) is 14.5. The van der Waals surface area contributed by atoms with Gasteiger partial charge >= 0.3 is 11.9 Å². The lowest BCUT2D eigenvalue weighted by molar-refractivity contribution is -0.150. The molecule has 1 aromatic carbocycles. The van der Waals surface area contributed by atoms with Crippen LogP contribution in [-0.4, -0.2) is 43.2 Å². The van der Waals surface area contributed by atoms with E-state index in [0.29, 0.717) is 19.4 Å². The molecule has 1 N–H and O–H groups in total. The second-order valence-corrected chi connectivity index (χ2v) is 8.38. The van der Waals surface area contributed by atoms with Gasteiger partial charge in [-0.3, -0.25) is 14.4 Å². The molecule has 180 valence electrons. The van der Waals surface area contributed by atoms with Crippen LogP contribution in [0.25, 0.3) is 0 Å². The van der Waals surface area contributed by atoms with Crippen molar-refractivity contribution in [3.05, 3.63) is 29.3 Å². The normalized spacial score (nSPS) is 11.0. The summed E-state index contributed by atoms with van der Waals surface area (Å²) in [5.41, 5.74) is 1.10. The molecule has 0 fully saturated rings. The van der Waals surface area contributed by atoms with Gasteiger partial charge in [-0.1, -0.05) is 44.7 Å². The fraction of sp³-hybridized carbons (Fsp3) is 0.640. The van der Waals surface area contributed by atoms with E-state index < -0.39 is 17.5 Å². The number of hydrogen-bond donors (Lipinski definition) is 1. The third kappa shape index (κ3) is 11.2. The molecule has 0 atom stereocenters. The van der Waals surface area contributed by atoms with Crippen LogP contribution in [0.2, 0.25) is 0 Å². The van der Waals surface area contributed by atoms with Gasteiger partial charge < -0.3 is 19.5 Å². The Morgan fingerprint density at radius 3 is 2.09 bits per heavy atom. The Balaban J connectivity index is 2.79. The van der Waals surface area contributed by atoms with Crippen molar-refractivity contribution < 1.29 is 28.6 Å². The Morgan fingerprint density at radius 2 is 1.56 bits per heavy atom. The summed E-state index contributed by atoms with van der Waals surface area (Å²) in [4.78, 5) is 34.6. The molecule has 1 rings (SSSR count). The summed E-state index contributed by atoms with van der Waals surface area (Å²) in [6, 6.07) is 6.02. The summed E-state index contributed by atoms with van der Waals surface area (Å²) < 4.78 is 16.3. The number of ether oxygens (including phenoxy) is 3. The van der Waals surface area contributed by atoms with Crippen molar-refractivity contribution in [1.29, 1.82) is 0 Å². The molecule has 0 bridgehead atoms. The van der Waals surface area contributed by atoms with E-state index in [4.69, 9.17) is 14.2 Å². The SMILES string of the molecule is CCCCCCCOc1ccc(CCC(COC(C)=O)(COC(C)=O)NC(C)=O)cc1C. The average Bonchev–Trinajstić information content (AvgIpc) is 2.72. The highest BCUT2D eigenvalue weighted by atomic mass is 16.5. The molecule has 0 aliphatic carbocycles. The van der Waals surface area contributed by atoms with Crippen molar-refractivity contribution in [3.8, 4) is 5.75 Å². The molecule has 0 radical (unpaired) electrons. The van der Waals surface area contributed by atoms with Crippen molar-refractivity contribution in [1.82, 2.24) is 5.32 Å². The summed E-state index contributed by atoms with van der Waals surface area (Å²) in [6.45, 7) is 8.76. The molecule has 0 aliphatic rings. The van der Waals surface area contributed by atoms with Gasteiger partial charge in [-0.05, 0) is 43.4 Å². The molecule has 0 spiro atoms. The largest absolute Gasteiger partial charge is 0.493 e. The van der Waals surface area contributed by atoms with Gasteiger partial charge in [0, 0.05) is 20.8 Å². The Bertz CT molecular complexity index is 728. The fourth-order valence-electron chi connectivity index (χ4n) is 3.47. The summed E-state index contributed by atoms with van der Waals surface area (Å²) >= 11 is 0. The topological polar surface area (TPSA) is 90.9 Å². The Kier molecular flexibility index (Phi) is 12.4. The number of benzene rings is 1. The third-order valence-corrected chi connectivity index (χ3v) is 5.18. The monoisotopic (exact) mass is 449 g/mol.